The van der Waals surface area contributed by atoms with Crippen molar-refractivity contribution in [1.29, 1.82) is 0 Å². The van der Waals surface area contributed by atoms with Crippen molar-refractivity contribution < 1.29 is 9.52 Å². The molecule has 0 unspecified atom stereocenters. The molecular formula is C25H25NO2. The van der Waals surface area contributed by atoms with Gasteiger partial charge in [0.1, 0.15) is 11.4 Å². The first-order valence-electron chi connectivity index (χ1n) is 9.59. The van der Waals surface area contributed by atoms with Gasteiger partial charge < -0.3 is 9.52 Å². The van der Waals surface area contributed by atoms with Crippen molar-refractivity contribution in [2.45, 2.75) is 18.6 Å². The third-order valence-electron chi connectivity index (χ3n) is 5.40. The van der Waals surface area contributed by atoms with Crippen molar-refractivity contribution in [1.82, 2.24) is 4.90 Å². The van der Waals surface area contributed by atoms with Crippen molar-refractivity contribution in [3.8, 4) is 0 Å². The summed E-state index contributed by atoms with van der Waals surface area (Å²) in [6.45, 7) is 6.86. The van der Waals surface area contributed by atoms with Gasteiger partial charge in [-0.1, -0.05) is 79.4 Å². The van der Waals surface area contributed by atoms with Crippen LogP contribution in [0.3, 0.4) is 0 Å². The lowest BCUT2D eigenvalue weighted by Gasteiger charge is -2.50. The lowest BCUT2D eigenvalue weighted by atomic mass is 9.81. The molecule has 1 aliphatic heterocycles. The number of benzene rings is 2. The molecule has 142 valence electrons. The third kappa shape index (κ3) is 3.24. The van der Waals surface area contributed by atoms with Gasteiger partial charge >= 0.3 is 0 Å². The molecule has 1 saturated heterocycles. The van der Waals surface area contributed by atoms with Crippen LogP contribution in [0, 0.1) is 0 Å². The van der Waals surface area contributed by atoms with Crippen molar-refractivity contribution in [2.75, 3.05) is 13.1 Å². The SMILES string of the molecule is C=Cc1occ(C2(O)CN(C(c3ccccc3)c3ccccc3)C2)c1C=CC. The Morgan fingerprint density at radius 3 is 2.11 bits per heavy atom. The number of nitrogens with zero attached hydrogens (tertiary/aromatic N) is 1. The minimum absolute atomic E-state index is 0.110. The fraction of sp³-hybridized carbons (Fsp3) is 0.200. The second-order valence-corrected chi connectivity index (χ2v) is 7.29. The van der Waals surface area contributed by atoms with Crippen LogP contribution < -0.4 is 0 Å². The van der Waals surface area contributed by atoms with Crippen LogP contribution in [0.5, 0.6) is 0 Å². The number of hydrogen-bond acceptors (Lipinski definition) is 3. The molecule has 2 aromatic carbocycles. The minimum atomic E-state index is -0.929. The van der Waals surface area contributed by atoms with Gasteiger partial charge in [-0.2, -0.15) is 0 Å². The molecule has 28 heavy (non-hydrogen) atoms. The Balaban J connectivity index is 1.65. The molecule has 0 amide bonds. The topological polar surface area (TPSA) is 36.6 Å². The Morgan fingerprint density at radius 1 is 1.04 bits per heavy atom. The number of likely N-dealkylation sites (tertiary alicyclic amines) is 1. The average molecular weight is 371 g/mol. The van der Waals surface area contributed by atoms with Gasteiger partial charge in [0.2, 0.25) is 0 Å². The van der Waals surface area contributed by atoms with E-state index in [1.165, 1.54) is 11.1 Å². The first-order chi connectivity index (χ1) is 13.7. The van der Waals surface area contributed by atoms with Crippen molar-refractivity contribution in [3.63, 3.8) is 0 Å². The molecule has 1 aromatic heterocycles. The molecule has 1 aliphatic rings. The molecule has 3 heteroatoms. The van der Waals surface area contributed by atoms with E-state index in [9.17, 15) is 5.11 Å². The van der Waals surface area contributed by atoms with Gasteiger partial charge in [-0.25, -0.2) is 0 Å². The standard InChI is InChI=1S/C25H25NO2/c1-3-11-21-22(16-28-23(21)4-2)25(27)17-26(18-25)24(19-12-7-5-8-13-19)20-14-9-6-10-15-20/h3-16,24,27H,2,17-18H2,1H3. The molecule has 1 N–H and O–H groups in total. The lowest BCUT2D eigenvalue weighted by Crippen LogP contribution is -2.60. The maximum atomic E-state index is 11.3. The number of rotatable bonds is 6. The molecule has 1 fully saturated rings. The highest BCUT2D eigenvalue weighted by molar-refractivity contribution is 5.65. The summed E-state index contributed by atoms with van der Waals surface area (Å²) in [6, 6.07) is 21.0. The lowest BCUT2D eigenvalue weighted by molar-refractivity contribution is -0.117. The summed E-state index contributed by atoms with van der Waals surface area (Å²) in [6.07, 6.45) is 7.29. The first kappa shape index (κ1) is 18.5. The van der Waals surface area contributed by atoms with E-state index in [1.54, 1.807) is 12.3 Å². The van der Waals surface area contributed by atoms with Gasteiger partial charge in [0.25, 0.3) is 0 Å². The Hall–Kier alpha value is -2.88. The van der Waals surface area contributed by atoms with E-state index in [1.807, 2.05) is 31.2 Å². The monoisotopic (exact) mass is 371 g/mol. The first-order valence-corrected chi connectivity index (χ1v) is 9.59. The van der Waals surface area contributed by atoms with Crippen molar-refractivity contribution in [2.24, 2.45) is 0 Å². The van der Waals surface area contributed by atoms with Crippen molar-refractivity contribution >= 4 is 12.2 Å². The molecule has 2 heterocycles. The van der Waals surface area contributed by atoms with Crippen LogP contribution in [0.4, 0.5) is 0 Å². The van der Waals surface area contributed by atoms with Crippen molar-refractivity contribution in [3.05, 3.63) is 108 Å². The van der Waals surface area contributed by atoms with Gasteiger partial charge in [-0.15, -0.1) is 0 Å². The van der Waals surface area contributed by atoms with Gasteiger partial charge in [-0.05, 0) is 24.1 Å². The molecule has 0 bridgehead atoms. The Morgan fingerprint density at radius 2 is 1.61 bits per heavy atom. The summed E-state index contributed by atoms with van der Waals surface area (Å²) < 4.78 is 5.64. The molecular weight excluding hydrogens is 346 g/mol. The van der Waals surface area contributed by atoms with E-state index in [2.05, 4.69) is 60.0 Å². The van der Waals surface area contributed by atoms with Crippen LogP contribution >= 0.6 is 0 Å². The molecule has 0 saturated carbocycles. The molecule has 3 aromatic rings. The predicted octanol–water partition coefficient (Wildman–Crippen LogP) is 5.25. The predicted molar refractivity (Wildman–Crippen MR) is 114 cm³/mol. The van der Waals surface area contributed by atoms with Crippen LogP contribution in [0.1, 0.15) is 41.0 Å². The van der Waals surface area contributed by atoms with E-state index in [0.717, 1.165) is 11.1 Å². The largest absolute Gasteiger partial charge is 0.464 e. The van der Waals surface area contributed by atoms with E-state index < -0.39 is 5.60 Å². The third-order valence-corrected chi connectivity index (χ3v) is 5.40. The minimum Gasteiger partial charge on any atom is -0.464 e. The van der Waals surface area contributed by atoms with Crippen LogP contribution in [0.2, 0.25) is 0 Å². The molecule has 3 nitrogen and oxygen atoms in total. The highest BCUT2D eigenvalue weighted by atomic mass is 16.3. The van der Waals surface area contributed by atoms with E-state index >= 15 is 0 Å². The Bertz CT molecular complexity index is 927. The molecule has 0 aliphatic carbocycles. The van der Waals surface area contributed by atoms with E-state index in [-0.39, 0.29) is 6.04 Å². The smallest absolute Gasteiger partial charge is 0.133 e. The summed E-state index contributed by atoms with van der Waals surface area (Å²) in [5, 5.41) is 11.3. The fourth-order valence-electron chi connectivity index (χ4n) is 4.10. The fourth-order valence-corrected chi connectivity index (χ4v) is 4.10. The summed E-state index contributed by atoms with van der Waals surface area (Å²) in [5.41, 5.74) is 3.26. The van der Waals surface area contributed by atoms with Gasteiger partial charge in [0, 0.05) is 24.2 Å². The summed E-state index contributed by atoms with van der Waals surface area (Å²) >= 11 is 0. The maximum Gasteiger partial charge on any atom is 0.133 e. The van der Waals surface area contributed by atoms with Gasteiger partial charge in [0.05, 0.1) is 12.3 Å². The molecule has 4 rings (SSSR count). The number of aliphatic hydroxyl groups is 1. The molecule has 0 radical (unpaired) electrons. The Kier molecular flexibility index (Phi) is 5.03. The highest BCUT2D eigenvalue weighted by Crippen LogP contribution is 2.43. The number of allylic oxidation sites excluding steroid dienone is 1. The zero-order chi connectivity index (χ0) is 19.6. The molecule has 0 atom stereocenters. The second kappa shape index (κ2) is 7.63. The summed E-state index contributed by atoms with van der Waals surface area (Å²) in [7, 11) is 0. The zero-order valence-electron chi connectivity index (χ0n) is 16.1. The van der Waals surface area contributed by atoms with E-state index in [4.69, 9.17) is 4.42 Å². The van der Waals surface area contributed by atoms with Gasteiger partial charge in [0.15, 0.2) is 0 Å². The maximum absolute atomic E-state index is 11.3. The van der Waals surface area contributed by atoms with Crippen LogP contribution in [0.25, 0.3) is 12.2 Å². The second-order valence-electron chi connectivity index (χ2n) is 7.29. The van der Waals surface area contributed by atoms with Crippen LogP contribution in [0.15, 0.2) is 84.0 Å². The van der Waals surface area contributed by atoms with Gasteiger partial charge in [-0.3, -0.25) is 4.90 Å². The Labute approximate surface area is 166 Å². The summed E-state index contributed by atoms with van der Waals surface area (Å²) in [4.78, 5) is 2.31. The number of furan rings is 1. The number of β-amino-alcohol motifs (C(OH)–C–C–N with tert-alkyl or cyclic N) is 1. The van der Waals surface area contributed by atoms with E-state index in [0.29, 0.717) is 18.8 Å². The number of hydrogen-bond donors (Lipinski definition) is 1. The quantitative estimate of drug-likeness (QED) is 0.643. The average Bonchev–Trinajstić information content (AvgIpc) is 3.12. The van der Waals surface area contributed by atoms with Crippen LogP contribution in [-0.2, 0) is 5.60 Å². The molecule has 0 spiro atoms. The summed E-state index contributed by atoms with van der Waals surface area (Å²) in [5.74, 6) is 0.697. The zero-order valence-corrected chi connectivity index (χ0v) is 16.1. The highest BCUT2D eigenvalue weighted by Gasteiger charge is 2.48. The van der Waals surface area contributed by atoms with Crippen LogP contribution in [-0.4, -0.2) is 23.1 Å². The normalized spacial score (nSPS) is 16.4.